The molecule has 1 aliphatic heterocycles. The minimum absolute atomic E-state index is 0.287. The van der Waals surface area contributed by atoms with Crippen LogP contribution in [0, 0.1) is 17.5 Å². The molecule has 1 aromatic carbocycles. The maximum absolute atomic E-state index is 14.2. The number of imidazole rings is 1. The standard InChI is InChI=1S/C23H22F6N4O5/c1-22(2,3)38-21(37)30-12(6-11-7-14(25)15(26)9-13(11)24)8-17(34)32-4-5-33-16(10-32)18(19(35)36)31-20(33)23(27,28)29/h7-9H,4-6,10H2,1-3H3,(H,30,37)(H,35,36)/b12-8-. The SMILES string of the molecule is CC(C)(C)OC(=O)N/C(=C\C(=O)N1CCn2c(C(F)(F)F)nc(C(=O)O)c2C1)Cc1cc(F)c(F)cc1F. The fourth-order valence-electron chi connectivity index (χ4n) is 3.65. The van der Waals surface area contributed by atoms with Gasteiger partial charge in [0.05, 0.1) is 12.2 Å². The van der Waals surface area contributed by atoms with E-state index in [-0.39, 0.29) is 24.0 Å². The Morgan fingerprint density at radius 2 is 1.71 bits per heavy atom. The third-order valence-electron chi connectivity index (χ3n) is 5.20. The first-order chi connectivity index (χ1) is 17.5. The highest BCUT2D eigenvalue weighted by molar-refractivity contribution is 5.90. The second kappa shape index (κ2) is 10.4. The number of rotatable bonds is 5. The van der Waals surface area contributed by atoms with Gasteiger partial charge in [0.1, 0.15) is 11.4 Å². The van der Waals surface area contributed by atoms with Crippen LogP contribution in [-0.2, 0) is 35.2 Å². The predicted molar refractivity (Wildman–Crippen MR) is 117 cm³/mol. The van der Waals surface area contributed by atoms with Gasteiger partial charge in [-0.1, -0.05) is 0 Å². The number of alkyl carbamates (subject to hydrolysis) is 1. The molecule has 0 aliphatic carbocycles. The van der Waals surface area contributed by atoms with Crippen molar-refractivity contribution in [2.45, 2.75) is 52.1 Å². The zero-order valence-corrected chi connectivity index (χ0v) is 20.3. The van der Waals surface area contributed by atoms with Crippen LogP contribution >= 0.6 is 0 Å². The van der Waals surface area contributed by atoms with Gasteiger partial charge in [-0.15, -0.1) is 0 Å². The van der Waals surface area contributed by atoms with Gasteiger partial charge in [-0.3, -0.25) is 10.1 Å². The molecule has 3 rings (SSSR count). The van der Waals surface area contributed by atoms with Crippen molar-refractivity contribution >= 4 is 18.0 Å². The van der Waals surface area contributed by atoms with Gasteiger partial charge in [-0.05, 0) is 32.4 Å². The van der Waals surface area contributed by atoms with E-state index in [1.54, 1.807) is 20.8 Å². The summed E-state index contributed by atoms with van der Waals surface area (Å²) in [6, 6.07) is 0.825. The molecule has 0 saturated carbocycles. The molecule has 0 spiro atoms. The number of amides is 2. The molecule has 38 heavy (non-hydrogen) atoms. The van der Waals surface area contributed by atoms with Crippen LogP contribution in [-0.4, -0.2) is 49.7 Å². The van der Waals surface area contributed by atoms with Gasteiger partial charge in [-0.2, -0.15) is 13.2 Å². The van der Waals surface area contributed by atoms with Crippen molar-refractivity contribution in [3.8, 4) is 0 Å². The number of nitrogens with zero attached hydrogens (tertiary/aromatic N) is 3. The third kappa shape index (κ3) is 6.63. The van der Waals surface area contributed by atoms with Crippen molar-refractivity contribution in [1.29, 1.82) is 0 Å². The molecule has 2 N–H and O–H groups in total. The number of carbonyl (C=O) groups is 3. The van der Waals surface area contributed by atoms with Crippen LogP contribution in [0.3, 0.4) is 0 Å². The molecule has 2 aromatic rings. The van der Waals surface area contributed by atoms with E-state index >= 15 is 0 Å². The lowest BCUT2D eigenvalue weighted by molar-refractivity contribution is -0.147. The maximum atomic E-state index is 14.2. The van der Waals surface area contributed by atoms with E-state index in [1.165, 1.54) is 0 Å². The number of nitrogens with one attached hydrogen (secondary N) is 1. The zero-order valence-electron chi connectivity index (χ0n) is 20.3. The molecule has 0 unspecified atom stereocenters. The molecular formula is C23H22F6N4O5. The third-order valence-corrected chi connectivity index (χ3v) is 5.20. The van der Waals surface area contributed by atoms with Crippen molar-refractivity contribution in [2.24, 2.45) is 0 Å². The van der Waals surface area contributed by atoms with Gasteiger partial charge in [-0.25, -0.2) is 27.7 Å². The molecule has 0 saturated heterocycles. The number of aromatic nitrogens is 2. The topological polar surface area (TPSA) is 114 Å². The second-order valence-electron chi connectivity index (χ2n) is 9.28. The summed E-state index contributed by atoms with van der Waals surface area (Å²) in [5, 5.41) is 11.5. The fourth-order valence-corrected chi connectivity index (χ4v) is 3.65. The number of hydrogen-bond acceptors (Lipinski definition) is 5. The molecule has 0 bridgehead atoms. The molecule has 2 amide bonds. The number of aromatic carboxylic acids is 1. The van der Waals surface area contributed by atoms with Crippen LogP contribution in [0.15, 0.2) is 23.9 Å². The number of fused-ring (bicyclic) bond motifs is 1. The Kier molecular flexibility index (Phi) is 7.79. The summed E-state index contributed by atoms with van der Waals surface area (Å²) in [7, 11) is 0. The van der Waals surface area contributed by atoms with E-state index < -0.39 is 83.8 Å². The lowest BCUT2D eigenvalue weighted by atomic mass is 10.1. The minimum atomic E-state index is -4.94. The molecule has 15 heteroatoms. The summed E-state index contributed by atoms with van der Waals surface area (Å²) >= 11 is 0. The van der Waals surface area contributed by atoms with Crippen LogP contribution in [0.1, 0.15) is 48.3 Å². The Bertz CT molecular complexity index is 1310. The molecule has 1 aliphatic rings. The summed E-state index contributed by atoms with van der Waals surface area (Å²) in [6.45, 7) is 3.34. The van der Waals surface area contributed by atoms with Crippen LogP contribution in [0.4, 0.5) is 31.1 Å². The average molecular weight is 548 g/mol. The number of hydrogen-bond donors (Lipinski definition) is 2. The highest BCUT2D eigenvalue weighted by atomic mass is 19.4. The molecule has 0 radical (unpaired) electrons. The van der Waals surface area contributed by atoms with E-state index in [9.17, 15) is 45.8 Å². The number of carboxylic acid groups (broad SMARTS) is 1. The number of halogens is 6. The lowest BCUT2D eigenvalue weighted by Crippen LogP contribution is -2.39. The molecule has 2 heterocycles. The number of allylic oxidation sites excluding steroid dienone is 1. The smallest absolute Gasteiger partial charge is 0.449 e. The molecule has 1 aromatic heterocycles. The summed E-state index contributed by atoms with van der Waals surface area (Å²) in [6.07, 6.45) is -5.78. The van der Waals surface area contributed by atoms with Crippen molar-refractivity contribution in [2.75, 3.05) is 6.54 Å². The molecule has 0 fully saturated rings. The van der Waals surface area contributed by atoms with Gasteiger partial charge >= 0.3 is 18.2 Å². The quantitative estimate of drug-likeness (QED) is 0.332. The van der Waals surface area contributed by atoms with Gasteiger partial charge in [0, 0.05) is 37.3 Å². The van der Waals surface area contributed by atoms with Crippen LogP contribution < -0.4 is 5.32 Å². The van der Waals surface area contributed by atoms with Crippen LogP contribution in [0.5, 0.6) is 0 Å². The number of carboxylic acids is 1. The van der Waals surface area contributed by atoms with Crippen molar-refractivity contribution in [1.82, 2.24) is 19.8 Å². The van der Waals surface area contributed by atoms with E-state index in [4.69, 9.17) is 4.74 Å². The lowest BCUT2D eigenvalue weighted by Gasteiger charge is -2.29. The van der Waals surface area contributed by atoms with Gasteiger partial charge < -0.3 is 19.3 Å². The Morgan fingerprint density at radius 1 is 1.08 bits per heavy atom. The van der Waals surface area contributed by atoms with E-state index in [2.05, 4.69) is 10.3 Å². The summed E-state index contributed by atoms with van der Waals surface area (Å²) < 4.78 is 87.0. The summed E-state index contributed by atoms with van der Waals surface area (Å²) in [4.78, 5) is 40.9. The van der Waals surface area contributed by atoms with Crippen molar-refractivity contribution in [3.63, 3.8) is 0 Å². The Morgan fingerprint density at radius 3 is 2.29 bits per heavy atom. The normalized spacial score (nSPS) is 14.2. The summed E-state index contributed by atoms with van der Waals surface area (Å²) in [5.74, 6) is -8.04. The first-order valence-corrected chi connectivity index (χ1v) is 11.0. The number of carbonyl (C=O) groups excluding carboxylic acids is 2. The number of alkyl halides is 3. The second-order valence-corrected chi connectivity index (χ2v) is 9.28. The van der Waals surface area contributed by atoms with Gasteiger partial charge in [0.2, 0.25) is 11.7 Å². The molecule has 206 valence electrons. The van der Waals surface area contributed by atoms with Crippen molar-refractivity contribution in [3.05, 3.63) is 64.1 Å². The first-order valence-electron chi connectivity index (χ1n) is 11.0. The van der Waals surface area contributed by atoms with E-state index in [1.807, 2.05) is 0 Å². The molecular weight excluding hydrogens is 526 g/mol. The zero-order chi connectivity index (χ0) is 28.6. The Hall–Kier alpha value is -4.04. The fraction of sp³-hybridized carbons (Fsp3) is 0.391. The van der Waals surface area contributed by atoms with E-state index in [0.29, 0.717) is 10.6 Å². The first kappa shape index (κ1) is 28.5. The summed E-state index contributed by atoms with van der Waals surface area (Å²) in [5.41, 5.74) is -2.94. The Labute approximate surface area is 211 Å². The number of benzene rings is 1. The van der Waals surface area contributed by atoms with Gasteiger partial charge in [0.25, 0.3) is 0 Å². The monoisotopic (exact) mass is 548 g/mol. The van der Waals surface area contributed by atoms with Crippen molar-refractivity contribution < 1.29 is 50.6 Å². The highest BCUT2D eigenvalue weighted by Gasteiger charge is 2.41. The highest BCUT2D eigenvalue weighted by Crippen LogP contribution is 2.32. The van der Waals surface area contributed by atoms with Gasteiger partial charge in [0.15, 0.2) is 17.3 Å². The minimum Gasteiger partial charge on any atom is -0.476 e. The van der Waals surface area contributed by atoms with Crippen LogP contribution in [0.25, 0.3) is 0 Å². The Balaban J connectivity index is 1.93. The maximum Gasteiger partial charge on any atom is 0.449 e. The van der Waals surface area contributed by atoms with Crippen LogP contribution in [0.2, 0.25) is 0 Å². The molecule has 9 nitrogen and oxygen atoms in total. The largest absolute Gasteiger partial charge is 0.476 e. The molecule has 0 atom stereocenters. The van der Waals surface area contributed by atoms with E-state index in [0.717, 1.165) is 11.0 Å². The number of ether oxygens (including phenoxy) is 1. The average Bonchev–Trinajstić information content (AvgIpc) is 3.15. The predicted octanol–water partition coefficient (Wildman–Crippen LogP) is 4.01.